The summed E-state index contributed by atoms with van der Waals surface area (Å²) in [5.74, 6) is 0.203. The summed E-state index contributed by atoms with van der Waals surface area (Å²) in [5, 5.41) is 13.6. The Bertz CT molecular complexity index is 796. The number of nitrogens with one attached hydrogen (secondary N) is 1. The van der Waals surface area contributed by atoms with Gasteiger partial charge in [-0.15, -0.1) is 0 Å². The van der Waals surface area contributed by atoms with Gasteiger partial charge in [-0.2, -0.15) is 5.10 Å². The fraction of sp³-hybridized carbons (Fsp3) is 0.471. The molecule has 1 saturated carbocycles. The van der Waals surface area contributed by atoms with Gasteiger partial charge in [-0.3, -0.25) is 0 Å². The number of benzene rings is 1. The third kappa shape index (κ3) is 3.38. The van der Waals surface area contributed by atoms with Crippen molar-refractivity contribution >= 4 is 10.0 Å². The molecule has 0 bridgehead atoms. The number of aromatic nitrogens is 2. The number of nitrogens with zero attached hydrogens (tertiary/aromatic N) is 2. The average molecular weight is 349 g/mol. The Labute approximate surface area is 142 Å². The Balaban J connectivity index is 1.87. The normalized spacial score (nSPS) is 22.1. The molecule has 1 aliphatic carbocycles. The standard InChI is InChI=1S/C17H23N3O3S/c1-3-16(13-9-15(21)10-13)19-24(22,23)17-11-14(6-5-12(17)2)20-8-4-7-18-20/h4-8,11,13,15-16,19,21H,3,9-10H2,1-2H3. The van der Waals surface area contributed by atoms with Crippen LogP contribution in [0.4, 0.5) is 0 Å². The first kappa shape index (κ1) is 17.1. The highest BCUT2D eigenvalue weighted by atomic mass is 32.2. The highest BCUT2D eigenvalue weighted by Gasteiger charge is 2.35. The number of aryl methyl sites for hydroxylation is 1. The molecule has 130 valence electrons. The molecule has 2 N–H and O–H groups in total. The second-order valence-corrected chi connectivity index (χ2v) is 8.10. The molecule has 0 radical (unpaired) electrons. The van der Waals surface area contributed by atoms with Crippen LogP contribution in [0.3, 0.4) is 0 Å². The number of sulfonamides is 1. The number of aliphatic hydroxyl groups is 1. The fourth-order valence-corrected chi connectivity index (χ4v) is 4.83. The summed E-state index contributed by atoms with van der Waals surface area (Å²) in [7, 11) is -3.63. The Hall–Kier alpha value is -1.70. The van der Waals surface area contributed by atoms with Gasteiger partial charge in [0, 0.05) is 18.4 Å². The summed E-state index contributed by atoms with van der Waals surface area (Å²) in [4.78, 5) is 0.272. The van der Waals surface area contributed by atoms with Crippen LogP contribution in [0.5, 0.6) is 0 Å². The van der Waals surface area contributed by atoms with Crippen LogP contribution in [0.1, 0.15) is 31.7 Å². The third-order valence-electron chi connectivity index (χ3n) is 4.70. The zero-order chi connectivity index (χ0) is 17.3. The quantitative estimate of drug-likeness (QED) is 0.835. The SMILES string of the molecule is CCC(NS(=O)(=O)c1cc(-n2cccn2)ccc1C)C1CC(O)C1. The van der Waals surface area contributed by atoms with Gasteiger partial charge in [-0.1, -0.05) is 13.0 Å². The van der Waals surface area contributed by atoms with Gasteiger partial charge >= 0.3 is 0 Å². The van der Waals surface area contributed by atoms with Crippen LogP contribution in [0.25, 0.3) is 5.69 Å². The van der Waals surface area contributed by atoms with E-state index < -0.39 is 10.0 Å². The van der Waals surface area contributed by atoms with Crippen molar-refractivity contribution in [3.8, 4) is 5.69 Å². The first-order valence-corrected chi connectivity index (χ1v) is 9.70. The van der Waals surface area contributed by atoms with Crippen molar-refractivity contribution < 1.29 is 13.5 Å². The average Bonchev–Trinajstić information content (AvgIpc) is 3.04. The molecule has 3 rings (SSSR count). The molecule has 1 fully saturated rings. The second kappa shape index (κ2) is 6.66. The van der Waals surface area contributed by atoms with Crippen LogP contribution in [-0.2, 0) is 10.0 Å². The van der Waals surface area contributed by atoms with Gasteiger partial charge in [0.15, 0.2) is 0 Å². The molecule has 6 nitrogen and oxygen atoms in total. The smallest absolute Gasteiger partial charge is 0.241 e. The maximum atomic E-state index is 12.9. The van der Waals surface area contributed by atoms with Gasteiger partial charge in [-0.05, 0) is 55.9 Å². The van der Waals surface area contributed by atoms with Crippen molar-refractivity contribution in [2.45, 2.75) is 50.2 Å². The number of hydrogen-bond donors (Lipinski definition) is 2. The maximum Gasteiger partial charge on any atom is 0.241 e. The molecular formula is C17H23N3O3S. The van der Waals surface area contributed by atoms with Gasteiger partial charge in [0.2, 0.25) is 10.0 Å². The Morgan fingerprint density at radius 3 is 2.75 bits per heavy atom. The molecule has 1 unspecified atom stereocenters. The summed E-state index contributed by atoms with van der Waals surface area (Å²) in [6.45, 7) is 3.75. The Kier molecular flexibility index (Phi) is 4.76. The molecule has 1 aliphatic rings. The summed E-state index contributed by atoms with van der Waals surface area (Å²) in [5.41, 5.74) is 1.40. The van der Waals surface area contributed by atoms with E-state index in [1.54, 1.807) is 42.2 Å². The van der Waals surface area contributed by atoms with Crippen LogP contribution in [0, 0.1) is 12.8 Å². The van der Waals surface area contributed by atoms with E-state index in [2.05, 4.69) is 9.82 Å². The third-order valence-corrected chi connectivity index (χ3v) is 6.33. The highest BCUT2D eigenvalue weighted by molar-refractivity contribution is 7.89. The molecule has 7 heteroatoms. The van der Waals surface area contributed by atoms with Crippen molar-refractivity contribution in [2.75, 3.05) is 0 Å². The van der Waals surface area contributed by atoms with Crippen molar-refractivity contribution in [3.05, 3.63) is 42.2 Å². The van der Waals surface area contributed by atoms with Crippen LogP contribution in [0.15, 0.2) is 41.6 Å². The van der Waals surface area contributed by atoms with Gasteiger partial charge in [0.05, 0.1) is 16.7 Å². The van der Waals surface area contributed by atoms with Crippen molar-refractivity contribution in [1.82, 2.24) is 14.5 Å². The van der Waals surface area contributed by atoms with Crippen LogP contribution in [0.2, 0.25) is 0 Å². The summed E-state index contributed by atoms with van der Waals surface area (Å²) in [6.07, 6.45) is 5.16. The lowest BCUT2D eigenvalue weighted by Gasteiger charge is -2.37. The highest BCUT2D eigenvalue weighted by Crippen LogP contribution is 2.32. The predicted molar refractivity (Wildman–Crippen MR) is 91.4 cm³/mol. The zero-order valence-corrected chi connectivity index (χ0v) is 14.7. The Morgan fingerprint density at radius 2 is 2.17 bits per heavy atom. The number of hydrogen-bond acceptors (Lipinski definition) is 4. The molecular weight excluding hydrogens is 326 g/mol. The Morgan fingerprint density at radius 1 is 1.42 bits per heavy atom. The lowest BCUT2D eigenvalue weighted by atomic mass is 9.77. The van der Waals surface area contributed by atoms with Gasteiger partial charge in [0.25, 0.3) is 0 Å². The van der Waals surface area contributed by atoms with E-state index in [9.17, 15) is 13.5 Å². The molecule has 0 spiro atoms. The first-order valence-electron chi connectivity index (χ1n) is 8.21. The van der Waals surface area contributed by atoms with E-state index in [0.717, 1.165) is 0 Å². The van der Waals surface area contributed by atoms with E-state index in [0.29, 0.717) is 30.5 Å². The summed E-state index contributed by atoms with van der Waals surface area (Å²) in [6, 6.07) is 6.93. The monoisotopic (exact) mass is 349 g/mol. The number of aliphatic hydroxyl groups excluding tert-OH is 1. The van der Waals surface area contributed by atoms with Gasteiger partial charge in [0.1, 0.15) is 0 Å². The number of rotatable bonds is 6. The lowest BCUT2D eigenvalue weighted by Crippen LogP contribution is -2.46. The molecule has 1 atom stereocenters. The topological polar surface area (TPSA) is 84.2 Å². The van der Waals surface area contributed by atoms with E-state index in [1.807, 2.05) is 13.0 Å². The van der Waals surface area contributed by atoms with Crippen molar-refractivity contribution in [3.63, 3.8) is 0 Å². The van der Waals surface area contributed by atoms with Crippen molar-refractivity contribution in [1.29, 1.82) is 0 Å². The minimum Gasteiger partial charge on any atom is -0.393 e. The molecule has 24 heavy (non-hydrogen) atoms. The first-order chi connectivity index (χ1) is 11.4. The molecule has 2 aromatic rings. The van der Waals surface area contributed by atoms with Crippen LogP contribution in [-0.4, -0.2) is 35.5 Å². The molecule has 0 aliphatic heterocycles. The second-order valence-electron chi connectivity index (χ2n) is 6.42. The van der Waals surface area contributed by atoms with E-state index in [4.69, 9.17) is 0 Å². The fourth-order valence-electron chi connectivity index (χ4n) is 3.18. The van der Waals surface area contributed by atoms with Gasteiger partial charge in [-0.25, -0.2) is 17.8 Å². The lowest BCUT2D eigenvalue weighted by molar-refractivity contribution is 0.0277. The van der Waals surface area contributed by atoms with E-state index in [1.165, 1.54) is 0 Å². The maximum absolute atomic E-state index is 12.9. The van der Waals surface area contributed by atoms with Crippen LogP contribution >= 0.6 is 0 Å². The summed E-state index contributed by atoms with van der Waals surface area (Å²) < 4.78 is 30.2. The van der Waals surface area contributed by atoms with E-state index >= 15 is 0 Å². The summed E-state index contributed by atoms with van der Waals surface area (Å²) >= 11 is 0. The minimum absolute atomic E-state index is 0.147. The molecule has 1 aromatic heterocycles. The molecule has 1 heterocycles. The van der Waals surface area contributed by atoms with Crippen molar-refractivity contribution in [2.24, 2.45) is 5.92 Å². The predicted octanol–water partition coefficient (Wildman–Crippen LogP) is 2.01. The molecule has 0 amide bonds. The zero-order valence-electron chi connectivity index (χ0n) is 13.9. The van der Waals surface area contributed by atoms with E-state index in [-0.39, 0.29) is 23.0 Å². The molecule has 1 aromatic carbocycles. The minimum atomic E-state index is -3.63. The largest absolute Gasteiger partial charge is 0.393 e. The molecule has 0 saturated heterocycles. The van der Waals surface area contributed by atoms with Gasteiger partial charge < -0.3 is 5.11 Å². The van der Waals surface area contributed by atoms with Crippen LogP contribution < -0.4 is 4.72 Å².